The molecule has 2 aromatic carbocycles. The van der Waals surface area contributed by atoms with Crippen molar-refractivity contribution in [2.75, 3.05) is 32.1 Å². The lowest BCUT2D eigenvalue weighted by molar-refractivity contribution is -0.153. The summed E-state index contributed by atoms with van der Waals surface area (Å²) in [6, 6.07) is 9.80. The molecule has 0 aliphatic carbocycles. The van der Waals surface area contributed by atoms with Gasteiger partial charge in [0.05, 0.1) is 23.9 Å². The van der Waals surface area contributed by atoms with Crippen LogP contribution < -0.4 is 10.5 Å². The summed E-state index contributed by atoms with van der Waals surface area (Å²) in [5.41, 5.74) is 6.46. The van der Waals surface area contributed by atoms with Gasteiger partial charge in [0.25, 0.3) is 0 Å². The van der Waals surface area contributed by atoms with E-state index in [4.69, 9.17) is 24.3 Å². The van der Waals surface area contributed by atoms with Crippen molar-refractivity contribution in [2.24, 2.45) is 0 Å². The second-order valence-electron chi connectivity index (χ2n) is 15.2. The van der Waals surface area contributed by atoms with Gasteiger partial charge < -0.3 is 20.1 Å². The zero-order chi connectivity index (χ0) is 41.6. The number of hydrogen-bond donors (Lipinski definition) is 3. The number of nitrogens with two attached hydrogens (primary N) is 1. The average Bonchev–Trinajstić information content (AvgIpc) is 3.18. The van der Waals surface area contributed by atoms with E-state index in [2.05, 4.69) is 25.1 Å². The Kier molecular flexibility index (Phi) is 27.2. The SMILES string of the molecule is C=C(CCCCCCCCCCCCC)OCC(COP(=O)(O)OCCNS(=O)(=O)c1cccc2c(N)cccc12)OC(=O)CCCCCCCCCCCCC. The molecule has 57 heavy (non-hydrogen) atoms. The number of hydrogen-bond acceptors (Lipinski definition) is 9. The van der Waals surface area contributed by atoms with Crippen LogP contribution in [-0.4, -0.2) is 51.7 Å². The van der Waals surface area contributed by atoms with Crippen LogP contribution in [0.4, 0.5) is 5.69 Å². The van der Waals surface area contributed by atoms with E-state index >= 15 is 0 Å². The van der Waals surface area contributed by atoms with Crippen LogP contribution in [-0.2, 0) is 37.9 Å². The van der Waals surface area contributed by atoms with Gasteiger partial charge in [-0.2, -0.15) is 0 Å². The fourth-order valence-corrected chi connectivity index (χ4v) is 8.72. The fraction of sp³-hybridized carbons (Fsp3) is 0.705. The van der Waals surface area contributed by atoms with Crippen LogP contribution in [0.25, 0.3) is 10.8 Å². The molecule has 4 N–H and O–H groups in total. The minimum Gasteiger partial charge on any atom is -0.495 e. The molecule has 2 atom stereocenters. The number of rotatable bonds is 37. The summed E-state index contributed by atoms with van der Waals surface area (Å²) in [4.78, 5) is 23.2. The molecule has 0 aliphatic heterocycles. The van der Waals surface area contributed by atoms with Crippen LogP contribution in [0, 0.1) is 0 Å². The number of esters is 1. The number of anilines is 1. The molecular weight excluding hydrogens is 764 g/mol. The fourth-order valence-electron chi connectivity index (χ4n) is 6.73. The lowest BCUT2D eigenvalue weighted by atomic mass is 10.1. The van der Waals surface area contributed by atoms with E-state index in [1.165, 1.54) is 109 Å². The van der Waals surface area contributed by atoms with Crippen molar-refractivity contribution in [3.8, 4) is 0 Å². The lowest BCUT2D eigenvalue weighted by Gasteiger charge is -2.21. The van der Waals surface area contributed by atoms with Crippen LogP contribution >= 0.6 is 7.82 Å². The number of ether oxygens (including phenoxy) is 2. The predicted octanol–water partition coefficient (Wildman–Crippen LogP) is 11.7. The number of phosphoric ester groups is 1. The molecule has 0 saturated heterocycles. The van der Waals surface area contributed by atoms with E-state index < -0.39 is 43.1 Å². The summed E-state index contributed by atoms with van der Waals surface area (Å²) in [5.74, 6) is 0.124. The van der Waals surface area contributed by atoms with Gasteiger partial charge in [-0.1, -0.05) is 173 Å². The van der Waals surface area contributed by atoms with Gasteiger partial charge in [-0.25, -0.2) is 17.7 Å². The highest BCUT2D eigenvalue weighted by Crippen LogP contribution is 2.43. The Hall–Kier alpha value is -2.47. The molecule has 0 heterocycles. The zero-order valence-corrected chi connectivity index (χ0v) is 36.9. The van der Waals surface area contributed by atoms with Crippen molar-refractivity contribution in [3.05, 3.63) is 48.7 Å². The van der Waals surface area contributed by atoms with Crippen molar-refractivity contribution in [2.45, 2.75) is 179 Å². The van der Waals surface area contributed by atoms with Gasteiger partial charge in [-0.15, -0.1) is 0 Å². The van der Waals surface area contributed by atoms with Crippen LogP contribution in [0.2, 0.25) is 0 Å². The molecule has 326 valence electrons. The minimum absolute atomic E-state index is 0.0265. The predicted molar refractivity (Wildman–Crippen MR) is 232 cm³/mol. The van der Waals surface area contributed by atoms with Gasteiger partial charge in [0.15, 0.2) is 6.10 Å². The van der Waals surface area contributed by atoms with E-state index in [-0.39, 0.29) is 24.5 Å². The summed E-state index contributed by atoms with van der Waals surface area (Å²) < 4.78 is 63.0. The van der Waals surface area contributed by atoms with Crippen molar-refractivity contribution in [3.63, 3.8) is 0 Å². The lowest BCUT2D eigenvalue weighted by Crippen LogP contribution is -2.29. The van der Waals surface area contributed by atoms with Gasteiger partial charge in [0.1, 0.15) is 6.61 Å². The summed E-state index contributed by atoms with van der Waals surface area (Å²) >= 11 is 0. The van der Waals surface area contributed by atoms with Gasteiger partial charge >= 0.3 is 13.8 Å². The van der Waals surface area contributed by atoms with E-state index in [9.17, 15) is 22.7 Å². The third-order valence-electron chi connectivity index (χ3n) is 10.1. The van der Waals surface area contributed by atoms with Crippen LogP contribution in [0.1, 0.15) is 168 Å². The molecule has 0 radical (unpaired) electrons. The molecule has 0 aromatic heterocycles. The number of sulfonamides is 1. The Morgan fingerprint density at radius 3 is 1.77 bits per heavy atom. The number of phosphoric acid groups is 1. The largest absolute Gasteiger partial charge is 0.495 e. The Labute approximate surface area is 344 Å². The van der Waals surface area contributed by atoms with Crippen LogP contribution in [0.15, 0.2) is 53.6 Å². The summed E-state index contributed by atoms with van der Waals surface area (Å²) in [6.07, 6.45) is 26.3. The monoisotopic (exact) mass is 838 g/mol. The Morgan fingerprint density at radius 1 is 0.719 bits per heavy atom. The highest BCUT2D eigenvalue weighted by Gasteiger charge is 2.26. The molecule has 0 amide bonds. The molecule has 11 nitrogen and oxygen atoms in total. The molecule has 0 saturated carbocycles. The molecular formula is C44H75N2O9PS. The zero-order valence-electron chi connectivity index (χ0n) is 35.2. The summed E-state index contributed by atoms with van der Waals surface area (Å²) in [7, 11) is -8.64. The normalized spacial score (nSPS) is 13.4. The number of benzene rings is 2. The maximum atomic E-state index is 13.1. The third kappa shape index (κ3) is 23.6. The average molecular weight is 839 g/mol. The standard InChI is InChI=1S/C44H75N2O9PS/c1-4-6-8-10-12-14-16-18-20-22-24-28-38(3)52-36-39(55-44(47)33-25-23-21-19-17-15-13-11-9-7-5-2)37-54-56(48,49)53-35-34-46-57(50,51)43-32-27-29-40-41(43)30-26-31-42(40)45/h26-27,29-32,39,46H,3-25,28,33-37,45H2,1-2H3,(H,48,49). The number of nitrogens with one attached hydrogen (secondary N) is 1. The Bertz CT molecular complexity index is 1560. The number of fused-ring (bicyclic) bond motifs is 1. The number of allylic oxidation sites excluding steroid dienone is 1. The van der Waals surface area contributed by atoms with Crippen LogP contribution in [0.5, 0.6) is 0 Å². The van der Waals surface area contributed by atoms with E-state index in [1.807, 2.05) is 0 Å². The van der Waals surface area contributed by atoms with E-state index in [0.29, 0.717) is 35.1 Å². The maximum Gasteiger partial charge on any atom is 0.472 e. The van der Waals surface area contributed by atoms with E-state index in [1.54, 1.807) is 30.3 Å². The molecule has 0 bridgehead atoms. The Balaban J connectivity index is 1.79. The highest BCUT2D eigenvalue weighted by atomic mass is 32.2. The topological polar surface area (TPSA) is 163 Å². The number of unbranched alkanes of at least 4 members (excludes halogenated alkanes) is 20. The van der Waals surface area contributed by atoms with Gasteiger partial charge in [0, 0.05) is 35.8 Å². The van der Waals surface area contributed by atoms with Crippen molar-refractivity contribution in [1.29, 1.82) is 0 Å². The maximum absolute atomic E-state index is 13.1. The number of carbonyl (C=O) groups excluding carboxylic acids is 1. The highest BCUT2D eigenvalue weighted by molar-refractivity contribution is 7.89. The second kappa shape index (κ2) is 30.6. The minimum atomic E-state index is -4.65. The first-order valence-electron chi connectivity index (χ1n) is 21.9. The molecule has 0 aliphatic rings. The first kappa shape index (κ1) is 50.7. The van der Waals surface area contributed by atoms with Crippen molar-refractivity contribution in [1.82, 2.24) is 4.72 Å². The third-order valence-corrected chi connectivity index (χ3v) is 12.6. The molecule has 0 spiro atoms. The van der Waals surface area contributed by atoms with Gasteiger partial charge in [-0.05, 0) is 25.0 Å². The second-order valence-corrected chi connectivity index (χ2v) is 18.4. The quantitative estimate of drug-likeness (QED) is 0.0196. The summed E-state index contributed by atoms with van der Waals surface area (Å²) in [6.45, 7) is 7.20. The number of carbonyl (C=O) groups is 1. The first-order chi connectivity index (χ1) is 27.5. The van der Waals surface area contributed by atoms with Crippen LogP contribution in [0.3, 0.4) is 0 Å². The first-order valence-corrected chi connectivity index (χ1v) is 24.9. The Morgan fingerprint density at radius 2 is 1.21 bits per heavy atom. The molecule has 13 heteroatoms. The van der Waals surface area contributed by atoms with Crippen molar-refractivity contribution >= 4 is 40.3 Å². The summed E-state index contributed by atoms with van der Waals surface area (Å²) in [5, 5.41) is 1.05. The smallest absolute Gasteiger partial charge is 0.472 e. The molecule has 2 aromatic rings. The molecule has 2 rings (SSSR count). The van der Waals surface area contributed by atoms with Gasteiger partial charge in [0.2, 0.25) is 10.0 Å². The molecule has 0 fully saturated rings. The van der Waals surface area contributed by atoms with Crippen molar-refractivity contribution < 1.29 is 41.2 Å². The number of nitrogen functional groups attached to an aromatic ring is 1. The van der Waals surface area contributed by atoms with Gasteiger partial charge in [-0.3, -0.25) is 13.8 Å². The molecule has 2 unspecified atom stereocenters. The van der Waals surface area contributed by atoms with E-state index in [0.717, 1.165) is 32.1 Å².